The van der Waals surface area contributed by atoms with Crippen LogP contribution < -0.4 is 0 Å². The van der Waals surface area contributed by atoms with E-state index in [1.165, 1.54) is 0 Å². The number of rotatable bonds is 1. The molecule has 1 aliphatic carbocycles. The molecule has 5 heteroatoms. The minimum Gasteiger partial charge on any atom is -0.458 e. The molecule has 0 aromatic rings. The zero-order valence-corrected chi connectivity index (χ0v) is 15.7. The third-order valence-electron chi connectivity index (χ3n) is 6.48. The highest BCUT2D eigenvalue weighted by molar-refractivity contribution is 5.93. The lowest BCUT2D eigenvalue weighted by Gasteiger charge is -2.45. The summed E-state index contributed by atoms with van der Waals surface area (Å²) >= 11 is 0. The standard InChI is InChI=1S/C20H30O5/c1-12-5-6-20(4)13(2)8-16(17-15(20)10-24-18(17)23)25-19(3,11-21)9-14(22)7-12/h7,13-14,16,21-22H,5-6,8-11H2,1-4H3/b12-7+/t13-,14-,16-,19+,20+/m1/s1. The summed E-state index contributed by atoms with van der Waals surface area (Å²) in [5.41, 5.74) is 1.81. The van der Waals surface area contributed by atoms with Crippen molar-refractivity contribution < 1.29 is 24.5 Å². The summed E-state index contributed by atoms with van der Waals surface area (Å²) < 4.78 is 11.6. The highest BCUT2D eigenvalue weighted by Gasteiger charge is 2.50. The third kappa shape index (κ3) is 3.29. The van der Waals surface area contributed by atoms with Crippen molar-refractivity contribution in [2.45, 2.75) is 71.2 Å². The summed E-state index contributed by atoms with van der Waals surface area (Å²) in [6.07, 6.45) is 3.60. The largest absolute Gasteiger partial charge is 0.458 e. The number of aliphatic hydroxyl groups excluding tert-OH is 2. The van der Waals surface area contributed by atoms with E-state index in [1.54, 1.807) is 6.92 Å². The Morgan fingerprint density at radius 2 is 2.08 bits per heavy atom. The molecule has 0 aromatic heterocycles. The van der Waals surface area contributed by atoms with Gasteiger partial charge in [0.25, 0.3) is 0 Å². The van der Waals surface area contributed by atoms with E-state index in [4.69, 9.17) is 9.47 Å². The van der Waals surface area contributed by atoms with Gasteiger partial charge in [0.05, 0.1) is 30.0 Å². The first kappa shape index (κ1) is 18.6. The molecule has 0 amide bonds. The van der Waals surface area contributed by atoms with Crippen LogP contribution in [-0.4, -0.2) is 47.2 Å². The van der Waals surface area contributed by atoms with E-state index in [2.05, 4.69) is 13.8 Å². The maximum atomic E-state index is 12.4. The molecule has 0 unspecified atom stereocenters. The normalized spacial score (nSPS) is 44.5. The van der Waals surface area contributed by atoms with Crippen molar-refractivity contribution >= 4 is 5.97 Å². The summed E-state index contributed by atoms with van der Waals surface area (Å²) in [4.78, 5) is 12.4. The molecule has 5 nitrogen and oxygen atoms in total. The van der Waals surface area contributed by atoms with Gasteiger partial charge in [-0.25, -0.2) is 4.79 Å². The molecule has 140 valence electrons. The van der Waals surface area contributed by atoms with Crippen LogP contribution in [0.3, 0.4) is 0 Å². The second-order valence-corrected chi connectivity index (χ2v) is 8.52. The zero-order valence-electron chi connectivity index (χ0n) is 15.7. The molecule has 5 atom stereocenters. The van der Waals surface area contributed by atoms with E-state index < -0.39 is 11.7 Å². The van der Waals surface area contributed by atoms with E-state index in [9.17, 15) is 15.0 Å². The molecule has 0 aromatic carbocycles. The Balaban J connectivity index is 2.08. The van der Waals surface area contributed by atoms with Crippen molar-refractivity contribution in [3.63, 3.8) is 0 Å². The average Bonchev–Trinajstić information content (AvgIpc) is 2.92. The molecule has 25 heavy (non-hydrogen) atoms. The maximum Gasteiger partial charge on any atom is 0.337 e. The molecule has 0 radical (unpaired) electrons. The van der Waals surface area contributed by atoms with Crippen LogP contribution in [0.5, 0.6) is 0 Å². The topological polar surface area (TPSA) is 76.0 Å². The molecule has 3 aliphatic heterocycles. The fraction of sp³-hybridized carbons (Fsp3) is 0.750. The Bertz CT molecular complexity index is 622. The minimum absolute atomic E-state index is 0.115. The molecule has 2 N–H and O–H groups in total. The highest BCUT2D eigenvalue weighted by atomic mass is 16.6. The highest BCUT2D eigenvalue weighted by Crippen LogP contribution is 2.52. The van der Waals surface area contributed by atoms with Crippen LogP contribution in [-0.2, 0) is 14.3 Å². The molecule has 0 saturated carbocycles. The number of hydrogen-bond acceptors (Lipinski definition) is 5. The lowest BCUT2D eigenvalue weighted by molar-refractivity contribution is -0.143. The van der Waals surface area contributed by atoms with Gasteiger partial charge in [0.1, 0.15) is 6.61 Å². The first-order valence-corrected chi connectivity index (χ1v) is 9.23. The van der Waals surface area contributed by atoms with Crippen molar-refractivity contribution in [2.24, 2.45) is 11.3 Å². The Kier molecular flexibility index (Phi) is 4.86. The quantitative estimate of drug-likeness (QED) is 0.561. The van der Waals surface area contributed by atoms with Gasteiger partial charge in [-0.05, 0) is 50.0 Å². The second-order valence-electron chi connectivity index (χ2n) is 8.52. The van der Waals surface area contributed by atoms with Gasteiger partial charge in [0.15, 0.2) is 0 Å². The van der Waals surface area contributed by atoms with Gasteiger partial charge in [-0.2, -0.15) is 0 Å². The molecule has 2 bridgehead atoms. The van der Waals surface area contributed by atoms with Crippen LogP contribution in [0.2, 0.25) is 0 Å². The second kappa shape index (κ2) is 6.53. The monoisotopic (exact) mass is 350 g/mol. The van der Waals surface area contributed by atoms with E-state index >= 15 is 0 Å². The van der Waals surface area contributed by atoms with Gasteiger partial charge in [-0.1, -0.05) is 25.5 Å². The number of esters is 1. The number of fused-ring (bicyclic) bond motifs is 7. The molecular formula is C20H30O5. The van der Waals surface area contributed by atoms with Gasteiger partial charge < -0.3 is 19.7 Å². The van der Waals surface area contributed by atoms with E-state index in [1.807, 2.05) is 13.0 Å². The van der Waals surface area contributed by atoms with E-state index in [0.29, 0.717) is 24.5 Å². The molecule has 4 rings (SSSR count). The van der Waals surface area contributed by atoms with Crippen molar-refractivity contribution in [2.75, 3.05) is 13.2 Å². The van der Waals surface area contributed by atoms with Gasteiger partial charge >= 0.3 is 5.97 Å². The number of carbonyl (C=O) groups is 1. The Morgan fingerprint density at radius 3 is 2.76 bits per heavy atom. The number of carbonyl (C=O) groups excluding carboxylic acids is 1. The smallest absolute Gasteiger partial charge is 0.337 e. The first-order chi connectivity index (χ1) is 11.7. The van der Waals surface area contributed by atoms with Gasteiger partial charge in [0, 0.05) is 6.42 Å². The van der Waals surface area contributed by atoms with Gasteiger partial charge in [0.2, 0.25) is 0 Å². The molecule has 0 fully saturated rings. The summed E-state index contributed by atoms with van der Waals surface area (Å²) in [5.74, 6) is 0.0501. The predicted molar refractivity (Wildman–Crippen MR) is 93.9 cm³/mol. The molecule has 4 aliphatic rings. The first-order valence-electron chi connectivity index (χ1n) is 9.23. The van der Waals surface area contributed by atoms with Crippen molar-refractivity contribution in [3.05, 3.63) is 22.8 Å². The van der Waals surface area contributed by atoms with Crippen molar-refractivity contribution in [3.8, 4) is 0 Å². The number of allylic oxidation sites excluding steroid dienone is 1. The number of hydrogen-bond donors (Lipinski definition) is 2. The van der Waals surface area contributed by atoms with Gasteiger partial charge in [-0.15, -0.1) is 0 Å². The summed E-state index contributed by atoms with van der Waals surface area (Å²) in [6.45, 7) is 8.37. The number of aliphatic hydroxyl groups is 2. The third-order valence-corrected chi connectivity index (χ3v) is 6.48. The van der Waals surface area contributed by atoms with Crippen molar-refractivity contribution in [1.82, 2.24) is 0 Å². The number of cyclic esters (lactones) is 1. The van der Waals surface area contributed by atoms with Crippen LogP contribution in [0.25, 0.3) is 0 Å². The lowest BCUT2D eigenvalue weighted by Crippen LogP contribution is -2.46. The molecular weight excluding hydrogens is 320 g/mol. The van der Waals surface area contributed by atoms with Crippen molar-refractivity contribution in [1.29, 1.82) is 0 Å². The van der Waals surface area contributed by atoms with Crippen LogP contribution in [0.4, 0.5) is 0 Å². The average molecular weight is 350 g/mol. The Labute approximate surface area is 149 Å². The van der Waals surface area contributed by atoms with Gasteiger partial charge in [-0.3, -0.25) is 0 Å². The van der Waals surface area contributed by atoms with Crippen LogP contribution in [0.15, 0.2) is 22.8 Å². The molecule has 3 heterocycles. The lowest BCUT2D eigenvalue weighted by atomic mass is 9.62. The zero-order chi connectivity index (χ0) is 18.4. The molecule has 0 spiro atoms. The minimum atomic E-state index is -0.908. The van der Waals surface area contributed by atoms with Crippen LogP contribution in [0.1, 0.15) is 53.4 Å². The van der Waals surface area contributed by atoms with E-state index in [-0.39, 0.29) is 24.1 Å². The Hall–Kier alpha value is -1.17. The fourth-order valence-electron chi connectivity index (χ4n) is 4.58. The fourth-order valence-corrected chi connectivity index (χ4v) is 4.58. The van der Waals surface area contributed by atoms with Crippen LogP contribution in [0, 0.1) is 11.3 Å². The summed E-state index contributed by atoms with van der Waals surface area (Å²) in [5, 5.41) is 20.3. The summed E-state index contributed by atoms with van der Waals surface area (Å²) in [6, 6.07) is 0. The van der Waals surface area contributed by atoms with Crippen LogP contribution >= 0.6 is 0 Å². The maximum absolute atomic E-state index is 12.4. The summed E-state index contributed by atoms with van der Waals surface area (Å²) in [7, 11) is 0. The predicted octanol–water partition coefficient (Wildman–Crippen LogP) is 2.51. The Morgan fingerprint density at radius 1 is 1.36 bits per heavy atom. The van der Waals surface area contributed by atoms with E-state index in [0.717, 1.165) is 30.4 Å². The molecule has 0 saturated heterocycles. The number of ether oxygens (including phenoxy) is 2. The SMILES string of the molecule is C/C1=C\[C@@H](O)C[C@@](C)(CO)O[C@@H]2C[C@@H](C)[C@](C)(CC1)C1=C2C(=O)OC1.